The number of nitrogens with zero attached hydrogens (tertiary/aromatic N) is 4. The SMILES string of the molecule is C.CO.CO[C@@H]1[C@H](OC(=O)N2CC(CCC3CCN(CC(F)F)CC3)C2)CC[C@]2(CO2)[C@H]1[C@@]1(C)O[C@@H]1CC=C(C)C.CO[C@@H]1[C@H](OC(=O)N2CC(CCC3CCN(CC(F)F)CC3)C2)CC[C@]2(CO2)[C@H]1[C@@]1(C)O[C@@H]1CCC(C)C. The summed E-state index contributed by atoms with van der Waals surface area (Å²) in [4.78, 5) is 33.5. The number of amides is 2. The number of rotatable bonds is 21. The van der Waals surface area contributed by atoms with Crippen LogP contribution in [0.4, 0.5) is 27.2 Å². The van der Waals surface area contributed by atoms with Gasteiger partial charge in [0.05, 0.1) is 50.3 Å². The molecule has 79 heavy (non-hydrogen) atoms. The molecule has 0 aromatic rings. The van der Waals surface area contributed by atoms with E-state index in [1.54, 1.807) is 14.2 Å². The maximum absolute atomic E-state index is 13.0. The fraction of sp³-hybridized carbons (Fsp3) is 0.933. The minimum Gasteiger partial charge on any atom is -0.443 e. The number of carbonyl (C=O) groups excluding carboxylic acids is 2. The Morgan fingerprint density at radius 2 is 1.00 bits per heavy atom. The summed E-state index contributed by atoms with van der Waals surface area (Å²) in [5, 5.41) is 7.00. The highest BCUT2D eigenvalue weighted by Crippen LogP contribution is 2.61. The molecule has 10 rings (SSSR count). The fourth-order valence-electron chi connectivity index (χ4n) is 14.8. The smallest absolute Gasteiger partial charge is 0.410 e. The first kappa shape index (κ1) is 64.2. The van der Waals surface area contributed by atoms with Gasteiger partial charge in [0.25, 0.3) is 12.9 Å². The third-order valence-electron chi connectivity index (χ3n) is 19.8. The van der Waals surface area contributed by atoms with Crippen LogP contribution >= 0.6 is 0 Å². The van der Waals surface area contributed by atoms with Crippen LogP contribution in [0.1, 0.15) is 145 Å². The maximum Gasteiger partial charge on any atom is 0.410 e. The zero-order valence-corrected chi connectivity index (χ0v) is 48.7. The topological polar surface area (TPSA) is 154 Å². The number of alkyl halides is 4. The number of aliphatic hydroxyl groups excluding tert-OH is 1. The van der Waals surface area contributed by atoms with Crippen molar-refractivity contribution < 1.29 is 70.2 Å². The van der Waals surface area contributed by atoms with Gasteiger partial charge in [0.1, 0.15) is 46.8 Å². The number of ether oxygens (including phenoxy) is 8. The van der Waals surface area contributed by atoms with Crippen LogP contribution < -0.4 is 0 Å². The molecule has 456 valence electrons. The number of halogens is 4. The minimum absolute atomic E-state index is 0. The molecule has 19 heteroatoms. The Kier molecular flexibility index (Phi) is 22.4. The zero-order chi connectivity index (χ0) is 56.2. The van der Waals surface area contributed by atoms with Gasteiger partial charge in [-0.1, -0.05) is 32.9 Å². The number of epoxide rings is 4. The van der Waals surface area contributed by atoms with E-state index in [1.165, 1.54) is 5.57 Å². The monoisotopic (exact) mass is 1130 g/mol. The molecule has 15 nitrogen and oxygen atoms in total. The molecule has 0 radical (unpaired) electrons. The molecule has 0 unspecified atom stereocenters. The molecule has 2 amide bonds. The molecule has 8 saturated heterocycles. The highest BCUT2D eigenvalue weighted by molar-refractivity contribution is 5.69. The largest absolute Gasteiger partial charge is 0.443 e. The van der Waals surface area contributed by atoms with Crippen molar-refractivity contribution in [2.24, 2.45) is 41.4 Å². The van der Waals surface area contributed by atoms with Crippen LogP contribution in [0.2, 0.25) is 0 Å². The Morgan fingerprint density at radius 1 is 0.620 bits per heavy atom. The molecular weight excluding hydrogens is 1030 g/mol. The second kappa shape index (κ2) is 27.6. The number of methoxy groups -OCH3 is 2. The first-order valence-electron chi connectivity index (χ1n) is 30.0. The second-order valence-corrected chi connectivity index (χ2v) is 26.0. The summed E-state index contributed by atoms with van der Waals surface area (Å²) in [6.45, 7) is 20.3. The van der Waals surface area contributed by atoms with E-state index in [0.29, 0.717) is 36.2 Å². The van der Waals surface area contributed by atoms with E-state index in [4.69, 9.17) is 43.0 Å². The average molecular weight is 1130 g/mol. The molecule has 10 aliphatic rings. The second-order valence-electron chi connectivity index (χ2n) is 26.0. The summed E-state index contributed by atoms with van der Waals surface area (Å²) in [6.07, 6.45) is 11.1. The first-order chi connectivity index (χ1) is 37.3. The number of piperidine rings is 2. The third kappa shape index (κ3) is 15.7. The minimum atomic E-state index is -2.25. The highest BCUT2D eigenvalue weighted by atomic mass is 19.3. The van der Waals surface area contributed by atoms with E-state index in [9.17, 15) is 27.2 Å². The zero-order valence-electron chi connectivity index (χ0n) is 48.7. The Balaban J connectivity index is 0.000000219. The fourth-order valence-corrected chi connectivity index (χ4v) is 14.8. The van der Waals surface area contributed by atoms with Gasteiger partial charge in [0, 0.05) is 47.5 Å². The summed E-state index contributed by atoms with van der Waals surface area (Å²) in [7, 11) is 4.42. The van der Waals surface area contributed by atoms with Crippen molar-refractivity contribution in [2.45, 2.75) is 217 Å². The van der Waals surface area contributed by atoms with Crippen molar-refractivity contribution in [3.8, 4) is 0 Å². The third-order valence-corrected chi connectivity index (χ3v) is 19.8. The number of allylic oxidation sites excluding steroid dienone is 1. The lowest BCUT2D eigenvalue weighted by Gasteiger charge is -2.44. The van der Waals surface area contributed by atoms with E-state index in [0.717, 1.165) is 162 Å². The molecule has 0 aromatic heterocycles. The van der Waals surface area contributed by atoms with Crippen LogP contribution in [0.3, 0.4) is 0 Å². The maximum atomic E-state index is 13.0. The lowest BCUT2D eigenvalue weighted by atomic mass is 9.68. The van der Waals surface area contributed by atoms with Gasteiger partial charge in [-0.25, -0.2) is 27.2 Å². The van der Waals surface area contributed by atoms with Crippen molar-refractivity contribution >= 4 is 12.2 Å². The van der Waals surface area contributed by atoms with Gasteiger partial charge in [0.15, 0.2) is 0 Å². The van der Waals surface area contributed by atoms with Crippen molar-refractivity contribution in [1.29, 1.82) is 0 Å². The number of hydrogen-bond donors (Lipinski definition) is 1. The normalized spacial score (nSPS) is 36.6. The molecule has 2 spiro atoms. The molecule has 2 aliphatic carbocycles. The van der Waals surface area contributed by atoms with Gasteiger partial charge >= 0.3 is 12.2 Å². The predicted molar refractivity (Wildman–Crippen MR) is 293 cm³/mol. The van der Waals surface area contributed by atoms with Gasteiger partial charge in [-0.3, -0.25) is 9.80 Å². The molecule has 10 fully saturated rings. The Labute approximate surface area is 470 Å². The molecule has 12 atom stereocenters. The number of likely N-dealkylation sites (tertiary alicyclic amines) is 4. The Bertz CT molecular complexity index is 1950. The summed E-state index contributed by atoms with van der Waals surface area (Å²) < 4.78 is 99.1. The lowest BCUT2D eigenvalue weighted by molar-refractivity contribution is -0.124. The Morgan fingerprint density at radius 3 is 1.35 bits per heavy atom. The van der Waals surface area contributed by atoms with E-state index >= 15 is 0 Å². The van der Waals surface area contributed by atoms with E-state index < -0.39 is 12.9 Å². The molecule has 1 N–H and O–H groups in total. The van der Waals surface area contributed by atoms with Gasteiger partial charge in [-0.15, -0.1) is 0 Å². The van der Waals surface area contributed by atoms with Crippen LogP contribution in [-0.2, 0) is 37.9 Å². The van der Waals surface area contributed by atoms with E-state index in [1.807, 2.05) is 19.6 Å². The van der Waals surface area contributed by atoms with Gasteiger partial charge < -0.3 is 52.8 Å². The van der Waals surface area contributed by atoms with Gasteiger partial charge in [0.2, 0.25) is 0 Å². The van der Waals surface area contributed by atoms with Crippen molar-refractivity contribution in [3.05, 3.63) is 11.6 Å². The van der Waals surface area contributed by atoms with Gasteiger partial charge in [-0.05, 0) is 180 Å². The number of hydrogen-bond acceptors (Lipinski definition) is 13. The molecule has 8 heterocycles. The lowest BCUT2D eigenvalue weighted by Crippen LogP contribution is -2.57. The molecule has 2 saturated carbocycles. The van der Waals surface area contributed by atoms with Crippen LogP contribution in [0, 0.1) is 41.4 Å². The van der Waals surface area contributed by atoms with Crippen molar-refractivity contribution in [1.82, 2.24) is 19.6 Å². The molecular formula is C60H102F4N4O11. The standard InChI is InChI=1S/C29H48F2N2O5.C29H46F2N2O5.CH4O.CH4/c2*1-19(2)5-8-23-28(3,38-23)26-25(35-4)22(9-12-29(26)18-36-29)37-27(34)33-15-21(16-33)7-6-20-10-13-32(14-11-20)17-24(30)31;1-2;/h19-26H,5-18H2,1-4H3;5,20-26H,6-18H2,1-4H3;2H,1H3;1H4/t2*22-,23-,25-,26-,28+,29+;;/m11../s1. The van der Waals surface area contributed by atoms with Crippen LogP contribution in [0.5, 0.6) is 0 Å². The van der Waals surface area contributed by atoms with Crippen molar-refractivity contribution in [2.75, 3.05) is 100.0 Å². The molecule has 8 aliphatic heterocycles. The van der Waals surface area contributed by atoms with E-state index in [-0.39, 0.29) is 104 Å². The average Bonchev–Trinajstić information content (AvgIpc) is 4.11. The van der Waals surface area contributed by atoms with Crippen LogP contribution in [0.15, 0.2) is 11.6 Å². The van der Waals surface area contributed by atoms with Crippen LogP contribution in [0.25, 0.3) is 0 Å². The summed E-state index contributed by atoms with van der Waals surface area (Å²) in [6, 6.07) is 0. The van der Waals surface area contributed by atoms with Crippen molar-refractivity contribution in [3.63, 3.8) is 0 Å². The predicted octanol–water partition coefficient (Wildman–Crippen LogP) is 10.1. The Hall–Kier alpha value is -2.36. The first-order valence-corrected chi connectivity index (χ1v) is 30.0. The number of carbonyl (C=O) groups is 2. The summed E-state index contributed by atoms with van der Waals surface area (Å²) >= 11 is 0. The number of aliphatic hydroxyl groups is 1. The molecule has 0 aromatic carbocycles. The van der Waals surface area contributed by atoms with Gasteiger partial charge in [-0.2, -0.15) is 0 Å². The summed E-state index contributed by atoms with van der Waals surface area (Å²) in [5.41, 5.74) is 0.208. The highest BCUT2D eigenvalue weighted by Gasteiger charge is 2.74. The quantitative estimate of drug-likeness (QED) is 0.0660. The molecule has 0 bridgehead atoms. The summed E-state index contributed by atoms with van der Waals surface area (Å²) in [5.74, 6) is 2.94. The van der Waals surface area contributed by atoms with Crippen LogP contribution in [-0.4, -0.2) is 209 Å². The van der Waals surface area contributed by atoms with E-state index in [2.05, 4.69) is 47.6 Å².